The first-order valence-corrected chi connectivity index (χ1v) is 9.95. The molecule has 2 N–H and O–H groups in total. The van der Waals surface area contributed by atoms with Gasteiger partial charge in [-0.25, -0.2) is 0 Å². The van der Waals surface area contributed by atoms with E-state index in [1.165, 1.54) is 0 Å². The molecule has 0 radical (unpaired) electrons. The standard InChI is InChI=1S/C15H19BO2Si/c1-19(2,3)15-10-9-13(11-14(15)16(17)18)12-7-5-4-6-8-12/h4-11,17-18H,1-3H3. The molecule has 0 saturated carbocycles. The van der Waals surface area contributed by atoms with E-state index in [2.05, 4.69) is 25.7 Å². The third-order valence-corrected chi connectivity index (χ3v) is 5.32. The fourth-order valence-electron chi connectivity index (χ4n) is 2.27. The van der Waals surface area contributed by atoms with Crippen molar-refractivity contribution in [3.63, 3.8) is 0 Å². The van der Waals surface area contributed by atoms with Crippen LogP contribution in [0.2, 0.25) is 19.6 Å². The highest BCUT2D eigenvalue weighted by Crippen LogP contribution is 2.17. The van der Waals surface area contributed by atoms with Crippen molar-refractivity contribution in [2.75, 3.05) is 0 Å². The highest BCUT2D eigenvalue weighted by molar-refractivity contribution is 6.92. The monoisotopic (exact) mass is 270 g/mol. The van der Waals surface area contributed by atoms with Crippen molar-refractivity contribution in [3.05, 3.63) is 48.5 Å². The van der Waals surface area contributed by atoms with Gasteiger partial charge in [0, 0.05) is 0 Å². The molecule has 0 amide bonds. The van der Waals surface area contributed by atoms with E-state index in [1.54, 1.807) is 0 Å². The third kappa shape index (κ3) is 3.15. The van der Waals surface area contributed by atoms with E-state index in [-0.39, 0.29) is 0 Å². The minimum atomic E-state index is -1.58. The van der Waals surface area contributed by atoms with Crippen LogP contribution in [0.4, 0.5) is 0 Å². The summed E-state index contributed by atoms with van der Waals surface area (Å²) in [6, 6.07) is 16.0. The lowest BCUT2D eigenvalue weighted by Gasteiger charge is -2.21. The van der Waals surface area contributed by atoms with E-state index in [4.69, 9.17) is 0 Å². The molecule has 0 fully saturated rings. The average Bonchev–Trinajstić information content (AvgIpc) is 2.38. The molecule has 4 heteroatoms. The smallest absolute Gasteiger partial charge is 0.423 e. The van der Waals surface area contributed by atoms with Crippen LogP contribution in [-0.4, -0.2) is 25.2 Å². The van der Waals surface area contributed by atoms with E-state index in [1.807, 2.05) is 42.5 Å². The Labute approximate surface area is 115 Å². The first kappa shape index (κ1) is 14.1. The Hall–Kier alpha value is -1.36. The van der Waals surface area contributed by atoms with Crippen LogP contribution in [0, 0.1) is 0 Å². The van der Waals surface area contributed by atoms with Gasteiger partial charge < -0.3 is 10.0 Å². The van der Waals surface area contributed by atoms with Crippen LogP contribution in [0.1, 0.15) is 0 Å². The zero-order chi connectivity index (χ0) is 14.0. The van der Waals surface area contributed by atoms with E-state index >= 15 is 0 Å². The van der Waals surface area contributed by atoms with Crippen molar-refractivity contribution in [2.45, 2.75) is 19.6 Å². The SMILES string of the molecule is C[Si](C)(C)c1ccc(-c2ccccc2)cc1B(O)O. The van der Waals surface area contributed by atoms with Gasteiger partial charge >= 0.3 is 7.12 Å². The summed E-state index contributed by atoms with van der Waals surface area (Å²) in [6.07, 6.45) is 0. The molecule has 0 saturated heterocycles. The minimum absolute atomic E-state index is 0.639. The Kier molecular flexibility index (Phi) is 3.94. The van der Waals surface area contributed by atoms with Crippen LogP contribution >= 0.6 is 0 Å². The summed E-state index contributed by atoms with van der Waals surface area (Å²) in [5.41, 5.74) is 2.75. The molecule has 0 aromatic heterocycles. The molecular formula is C15H19BO2Si. The van der Waals surface area contributed by atoms with Crippen LogP contribution < -0.4 is 10.6 Å². The molecule has 2 nitrogen and oxygen atoms in total. The summed E-state index contributed by atoms with van der Waals surface area (Å²) in [5.74, 6) is 0. The summed E-state index contributed by atoms with van der Waals surface area (Å²) in [6.45, 7) is 6.61. The Morgan fingerprint density at radius 2 is 1.47 bits per heavy atom. The lowest BCUT2D eigenvalue weighted by atomic mass is 9.79. The number of hydrogen-bond acceptors (Lipinski definition) is 2. The zero-order valence-electron chi connectivity index (χ0n) is 11.6. The van der Waals surface area contributed by atoms with Crippen LogP contribution in [0.5, 0.6) is 0 Å². The molecule has 98 valence electrons. The predicted octanol–water partition coefficient (Wildman–Crippen LogP) is 1.58. The number of hydrogen-bond donors (Lipinski definition) is 2. The second-order valence-electron chi connectivity index (χ2n) is 5.79. The first-order valence-electron chi connectivity index (χ1n) is 6.45. The van der Waals surface area contributed by atoms with Gasteiger partial charge in [0.05, 0.1) is 8.07 Å². The molecular weight excluding hydrogens is 251 g/mol. The Balaban J connectivity index is 2.55. The van der Waals surface area contributed by atoms with Crippen molar-refractivity contribution in [3.8, 4) is 11.1 Å². The van der Waals surface area contributed by atoms with Gasteiger partial charge in [0.1, 0.15) is 0 Å². The Morgan fingerprint density at radius 1 is 0.842 bits per heavy atom. The molecule has 19 heavy (non-hydrogen) atoms. The van der Waals surface area contributed by atoms with E-state index < -0.39 is 15.2 Å². The molecule has 0 atom stereocenters. The molecule has 0 aliphatic carbocycles. The highest BCUT2D eigenvalue weighted by Gasteiger charge is 2.25. The molecule has 0 aliphatic heterocycles. The van der Waals surface area contributed by atoms with Crippen LogP contribution in [-0.2, 0) is 0 Å². The van der Waals surface area contributed by atoms with Crippen LogP contribution in [0.3, 0.4) is 0 Å². The van der Waals surface area contributed by atoms with Gasteiger partial charge in [0.25, 0.3) is 0 Å². The largest absolute Gasteiger partial charge is 0.488 e. The fraction of sp³-hybridized carbons (Fsp3) is 0.200. The van der Waals surface area contributed by atoms with Gasteiger partial charge in [0.15, 0.2) is 0 Å². The van der Waals surface area contributed by atoms with Gasteiger partial charge in [-0.15, -0.1) is 0 Å². The summed E-state index contributed by atoms with van der Waals surface area (Å²) >= 11 is 0. The zero-order valence-corrected chi connectivity index (χ0v) is 12.6. The summed E-state index contributed by atoms with van der Waals surface area (Å²) < 4.78 is 0. The minimum Gasteiger partial charge on any atom is -0.423 e. The Bertz CT molecular complexity index is 562. The van der Waals surface area contributed by atoms with Crippen LogP contribution in [0.15, 0.2) is 48.5 Å². The van der Waals surface area contributed by atoms with E-state index in [0.717, 1.165) is 16.3 Å². The van der Waals surface area contributed by atoms with Gasteiger partial charge in [-0.3, -0.25) is 0 Å². The van der Waals surface area contributed by atoms with Crippen molar-refractivity contribution >= 4 is 25.8 Å². The molecule has 0 spiro atoms. The molecule has 2 rings (SSSR count). The first-order chi connectivity index (χ1) is 8.89. The molecule has 0 bridgehead atoms. The Morgan fingerprint density at radius 3 is 2.00 bits per heavy atom. The maximum Gasteiger partial charge on any atom is 0.488 e. The number of benzene rings is 2. The van der Waals surface area contributed by atoms with Gasteiger partial charge in [-0.1, -0.05) is 73.4 Å². The second-order valence-corrected chi connectivity index (χ2v) is 10.8. The van der Waals surface area contributed by atoms with Gasteiger partial charge in [-0.05, 0) is 16.6 Å². The number of rotatable bonds is 3. The second kappa shape index (κ2) is 5.33. The van der Waals surface area contributed by atoms with Crippen molar-refractivity contribution in [1.29, 1.82) is 0 Å². The fourth-order valence-corrected chi connectivity index (χ4v) is 3.92. The van der Waals surface area contributed by atoms with Crippen LogP contribution in [0.25, 0.3) is 11.1 Å². The highest BCUT2D eigenvalue weighted by atomic mass is 28.3. The molecule has 0 heterocycles. The summed E-state index contributed by atoms with van der Waals surface area (Å²) in [4.78, 5) is 0. The van der Waals surface area contributed by atoms with Crippen molar-refractivity contribution in [2.24, 2.45) is 0 Å². The topological polar surface area (TPSA) is 40.5 Å². The van der Waals surface area contributed by atoms with Gasteiger partial charge in [0.2, 0.25) is 0 Å². The van der Waals surface area contributed by atoms with Crippen molar-refractivity contribution in [1.82, 2.24) is 0 Å². The van der Waals surface area contributed by atoms with E-state index in [9.17, 15) is 10.0 Å². The summed E-state index contributed by atoms with van der Waals surface area (Å²) in [5, 5.41) is 20.3. The molecule has 0 unspecified atom stereocenters. The van der Waals surface area contributed by atoms with Gasteiger partial charge in [-0.2, -0.15) is 0 Å². The lowest BCUT2D eigenvalue weighted by molar-refractivity contribution is 0.426. The summed E-state index contributed by atoms with van der Waals surface area (Å²) in [7, 11) is -3.00. The van der Waals surface area contributed by atoms with Crippen molar-refractivity contribution < 1.29 is 10.0 Å². The average molecular weight is 270 g/mol. The maximum atomic E-state index is 9.62. The normalized spacial score (nSPS) is 11.4. The molecule has 2 aromatic carbocycles. The third-order valence-electron chi connectivity index (χ3n) is 3.24. The quantitative estimate of drug-likeness (QED) is 0.831. The molecule has 0 aliphatic rings. The lowest BCUT2D eigenvalue weighted by Crippen LogP contribution is -2.53. The van der Waals surface area contributed by atoms with E-state index in [0.29, 0.717) is 5.46 Å². The molecule has 2 aromatic rings. The predicted molar refractivity (Wildman–Crippen MR) is 84.7 cm³/mol. The maximum absolute atomic E-state index is 9.62.